The molecule has 0 saturated carbocycles. The number of carbonyl (C=O) groups excluding carboxylic acids is 2. The van der Waals surface area contributed by atoms with Gasteiger partial charge in [-0.3, -0.25) is 0 Å². The molecule has 6 nitrogen and oxygen atoms in total. The third-order valence-corrected chi connectivity index (χ3v) is 2.45. The van der Waals surface area contributed by atoms with E-state index in [0.29, 0.717) is 11.3 Å². The fraction of sp³-hybridized carbons (Fsp3) is 0.273. The molecule has 0 N–H and O–H groups in total. The van der Waals surface area contributed by atoms with Crippen LogP contribution in [0.1, 0.15) is 15.9 Å². The lowest BCUT2D eigenvalue weighted by Gasteiger charge is -2.11. The Bertz CT molecular complexity index is 531. The maximum atomic E-state index is 11.5. The SMILES string of the molecule is COc1cc2c(c(N=C=O)c1OC)C(=O)OC2. The van der Waals surface area contributed by atoms with Crippen LogP contribution >= 0.6 is 0 Å². The molecule has 0 amide bonds. The summed E-state index contributed by atoms with van der Waals surface area (Å²) in [6.45, 7) is 0.135. The molecule has 0 saturated heterocycles. The molecule has 0 aliphatic carbocycles. The number of benzene rings is 1. The molecule has 1 aliphatic heterocycles. The van der Waals surface area contributed by atoms with Gasteiger partial charge in [-0.1, -0.05) is 0 Å². The highest BCUT2D eigenvalue weighted by molar-refractivity contribution is 6.01. The number of nitrogens with zero attached hydrogens (tertiary/aromatic N) is 1. The molecule has 0 radical (unpaired) electrons. The van der Waals surface area contributed by atoms with Gasteiger partial charge in [-0.15, -0.1) is 0 Å². The lowest BCUT2D eigenvalue weighted by molar-refractivity contribution is 0.0535. The van der Waals surface area contributed by atoms with Crippen LogP contribution in [0.2, 0.25) is 0 Å². The summed E-state index contributed by atoms with van der Waals surface area (Å²) in [5, 5.41) is 0. The molecule has 1 aromatic rings. The van der Waals surface area contributed by atoms with Crippen LogP contribution in [0.4, 0.5) is 5.69 Å². The van der Waals surface area contributed by atoms with E-state index in [9.17, 15) is 9.59 Å². The summed E-state index contributed by atoms with van der Waals surface area (Å²) in [5.74, 6) is 0.0713. The maximum Gasteiger partial charge on any atom is 0.341 e. The summed E-state index contributed by atoms with van der Waals surface area (Å²) in [4.78, 5) is 25.4. The molecule has 0 atom stereocenters. The van der Waals surface area contributed by atoms with Crippen LogP contribution in [0.25, 0.3) is 0 Å². The van der Waals surface area contributed by atoms with Crippen molar-refractivity contribution < 1.29 is 23.8 Å². The van der Waals surface area contributed by atoms with Crippen molar-refractivity contribution >= 4 is 17.7 Å². The minimum Gasteiger partial charge on any atom is -0.493 e. The van der Waals surface area contributed by atoms with Crippen molar-refractivity contribution in [1.29, 1.82) is 0 Å². The second-order valence-electron chi connectivity index (χ2n) is 3.27. The molecule has 88 valence electrons. The van der Waals surface area contributed by atoms with Crippen molar-refractivity contribution in [2.75, 3.05) is 14.2 Å². The number of isocyanates is 1. The first-order valence-corrected chi connectivity index (χ1v) is 4.75. The fourth-order valence-corrected chi connectivity index (χ4v) is 1.74. The summed E-state index contributed by atoms with van der Waals surface area (Å²) < 4.78 is 15.1. The summed E-state index contributed by atoms with van der Waals surface area (Å²) in [6.07, 6.45) is 1.39. The van der Waals surface area contributed by atoms with Crippen LogP contribution in [0.3, 0.4) is 0 Å². The second kappa shape index (κ2) is 4.27. The number of fused-ring (bicyclic) bond motifs is 1. The number of carbonyl (C=O) groups is 1. The lowest BCUT2D eigenvalue weighted by Crippen LogP contribution is -1.98. The number of ether oxygens (including phenoxy) is 3. The van der Waals surface area contributed by atoms with Crippen molar-refractivity contribution in [2.24, 2.45) is 4.99 Å². The molecule has 0 fully saturated rings. The van der Waals surface area contributed by atoms with Gasteiger partial charge >= 0.3 is 5.97 Å². The van der Waals surface area contributed by atoms with E-state index >= 15 is 0 Å². The molecule has 1 heterocycles. The Morgan fingerprint density at radius 3 is 2.76 bits per heavy atom. The Hall–Kier alpha value is -2.33. The zero-order valence-electron chi connectivity index (χ0n) is 9.27. The molecule has 1 aromatic carbocycles. The topological polar surface area (TPSA) is 74.2 Å². The fourth-order valence-electron chi connectivity index (χ4n) is 1.74. The van der Waals surface area contributed by atoms with Gasteiger partial charge in [0.1, 0.15) is 12.3 Å². The van der Waals surface area contributed by atoms with Gasteiger partial charge in [-0.2, -0.15) is 4.99 Å². The second-order valence-corrected chi connectivity index (χ2v) is 3.27. The highest BCUT2D eigenvalue weighted by atomic mass is 16.5. The summed E-state index contributed by atoms with van der Waals surface area (Å²) >= 11 is 0. The smallest absolute Gasteiger partial charge is 0.341 e. The highest BCUT2D eigenvalue weighted by Crippen LogP contribution is 2.44. The molecular weight excluding hydrogens is 226 g/mol. The third-order valence-electron chi connectivity index (χ3n) is 2.45. The van der Waals surface area contributed by atoms with Gasteiger partial charge in [0, 0.05) is 5.56 Å². The zero-order chi connectivity index (χ0) is 12.4. The zero-order valence-corrected chi connectivity index (χ0v) is 9.27. The van der Waals surface area contributed by atoms with Gasteiger partial charge in [0.25, 0.3) is 0 Å². The van der Waals surface area contributed by atoms with Crippen molar-refractivity contribution in [3.8, 4) is 11.5 Å². The van der Waals surface area contributed by atoms with Gasteiger partial charge in [-0.05, 0) is 6.07 Å². The van der Waals surface area contributed by atoms with E-state index in [1.165, 1.54) is 20.3 Å². The van der Waals surface area contributed by atoms with Crippen LogP contribution in [-0.4, -0.2) is 26.3 Å². The number of rotatable bonds is 3. The van der Waals surface area contributed by atoms with E-state index in [-0.39, 0.29) is 23.6 Å². The molecule has 0 aromatic heterocycles. The Morgan fingerprint density at radius 2 is 2.18 bits per heavy atom. The van der Waals surface area contributed by atoms with Crippen molar-refractivity contribution in [2.45, 2.75) is 6.61 Å². The van der Waals surface area contributed by atoms with E-state index in [1.807, 2.05) is 0 Å². The van der Waals surface area contributed by atoms with Crippen LogP contribution in [-0.2, 0) is 16.1 Å². The summed E-state index contributed by atoms with van der Waals surface area (Å²) in [5.41, 5.74) is 0.937. The molecule has 6 heteroatoms. The predicted molar refractivity (Wildman–Crippen MR) is 56.4 cm³/mol. The van der Waals surface area contributed by atoms with Gasteiger partial charge in [0.2, 0.25) is 6.08 Å². The van der Waals surface area contributed by atoms with Gasteiger partial charge in [0.15, 0.2) is 11.5 Å². The average molecular weight is 235 g/mol. The highest BCUT2D eigenvalue weighted by Gasteiger charge is 2.30. The van der Waals surface area contributed by atoms with Crippen molar-refractivity contribution in [1.82, 2.24) is 0 Å². The first-order chi connectivity index (χ1) is 8.22. The first-order valence-electron chi connectivity index (χ1n) is 4.75. The van der Waals surface area contributed by atoms with E-state index in [4.69, 9.17) is 14.2 Å². The van der Waals surface area contributed by atoms with Crippen molar-refractivity contribution in [3.05, 3.63) is 17.2 Å². The van der Waals surface area contributed by atoms with Gasteiger partial charge in [-0.25, -0.2) is 9.59 Å². The van der Waals surface area contributed by atoms with Crippen LogP contribution < -0.4 is 9.47 Å². The summed E-state index contributed by atoms with van der Waals surface area (Å²) in [7, 11) is 2.85. The number of hydrogen-bond donors (Lipinski definition) is 0. The molecule has 17 heavy (non-hydrogen) atoms. The third kappa shape index (κ3) is 1.64. The molecule has 2 rings (SSSR count). The molecule has 1 aliphatic rings. The molecule has 0 unspecified atom stereocenters. The quantitative estimate of drug-likeness (QED) is 0.449. The van der Waals surface area contributed by atoms with E-state index in [2.05, 4.69) is 4.99 Å². The Kier molecular flexibility index (Phi) is 2.80. The number of aliphatic imine (C=N–C) groups is 1. The van der Waals surface area contributed by atoms with Gasteiger partial charge in [0.05, 0.1) is 19.8 Å². The van der Waals surface area contributed by atoms with Crippen LogP contribution in [0.5, 0.6) is 11.5 Å². The molecule has 0 bridgehead atoms. The number of esters is 1. The predicted octanol–water partition coefficient (Wildman–Crippen LogP) is 1.34. The Morgan fingerprint density at radius 1 is 1.41 bits per heavy atom. The minimum atomic E-state index is -0.532. The van der Waals surface area contributed by atoms with Gasteiger partial charge < -0.3 is 14.2 Å². The number of cyclic esters (lactones) is 1. The largest absolute Gasteiger partial charge is 0.493 e. The molecular formula is C11H9NO5. The maximum absolute atomic E-state index is 11.5. The lowest BCUT2D eigenvalue weighted by atomic mass is 10.1. The minimum absolute atomic E-state index is 0.0966. The van der Waals surface area contributed by atoms with E-state index < -0.39 is 5.97 Å². The number of methoxy groups -OCH3 is 2. The Labute approximate surface area is 96.8 Å². The number of hydrogen-bond acceptors (Lipinski definition) is 6. The Balaban J connectivity index is 2.78. The van der Waals surface area contributed by atoms with E-state index in [0.717, 1.165) is 0 Å². The van der Waals surface area contributed by atoms with Crippen LogP contribution in [0, 0.1) is 0 Å². The van der Waals surface area contributed by atoms with Crippen molar-refractivity contribution in [3.63, 3.8) is 0 Å². The normalized spacial score (nSPS) is 12.5. The monoisotopic (exact) mass is 235 g/mol. The standard InChI is InChI=1S/C11H9NO5/c1-15-7-3-6-4-17-11(14)8(6)9(12-5-13)10(7)16-2/h3H,4H2,1-2H3. The first kappa shape index (κ1) is 11.2. The molecule has 0 spiro atoms. The van der Waals surface area contributed by atoms with Crippen LogP contribution in [0.15, 0.2) is 11.1 Å². The summed E-state index contributed by atoms with van der Waals surface area (Å²) in [6, 6.07) is 1.63. The average Bonchev–Trinajstić information content (AvgIpc) is 2.70. The van der Waals surface area contributed by atoms with E-state index in [1.54, 1.807) is 6.07 Å².